The molecule has 98 valence electrons. The number of ether oxygens (including phenoxy) is 1. The molecule has 0 radical (unpaired) electrons. The molecule has 0 unspecified atom stereocenters. The molecule has 0 aliphatic carbocycles. The van der Waals surface area contributed by atoms with Crippen LogP contribution in [0.15, 0.2) is 18.2 Å². The summed E-state index contributed by atoms with van der Waals surface area (Å²) in [7, 11) is 1.60. The van der Waals surface area contributed by atoms with Crippen molar-refractivity contribution in [1.29, 1.82) is 0 Å². The third kappa shape index (κ3) is 2.06. The number of methoxy groups -OCH3 is 1. The summed E-state index contributed by atoms with van der Waals surface area (Å²) in [5.41, 5.74) is 1.70. The van der Waals surface area contributed by atoms with Crippen LogP contribution in [-0.4, -0.2) is 32.0 Å². The maximum absolute atomic E-state index is 9.75. The van der Waals surface area contributed by atoms with Gasteiger partial charge in [0, 0.05) is 12.7 Å². The van der Waals surface area contributed by atoms with E-state index in [1.807, 2.05) is 19.1 Å². The lowest BCUT2D eigenvalue weighted by atomic mass is 10.1. The molecular formula is C12H12N4O2S. The van der Waals surface area contributed by atoms with E-state index in [0.29, 0.717) is 17.4 Å². The highest BCUT2D eigenvalue weighted by molar-refractivity contribution is 7.19. The number of phenols is 1. The molecular weight excluding hydrogens is 264 g/mol. The zero-order valence-corrected chi connectivity index (χ0v) is 11.3. The second-order valence-corrected chi connectivity index (χ2v) is 5.11. The molecule has 0 amide bonds. The molecule has 1 N–H and O–H groups in total. The second kappa shape index (κ2) is 4.60. The number of fused-ring (bicyclic) bond motifs is 1. The molecule has 0 bridgehead atoms. The lowest BCUT2D eigenvalue weighted by molar-refractivity contribution is 0.176. The van der Waals surface area contributed by atoms with Crippen molar-refractivity contribution in [2.24, 2.45) is 0 Å². The van der Waals surface area contributed by atoms with E-state index in [2.05, 4.69) is 15.3 Å². The fourth-order valence-electron chi connectivity index (χ4n) is 1.74. The lowest BCUT2D eigenvalue weighted by Gasteiger charge is -2.00. The Kier molecular flexibility index (Phi) is 2.92. The Morgan fingerprint density at radius 1 is 1.37 bits per heavy atom. The first-order valence-electron chi connectivity index (χ1n) is 5.69. The van der Waals surface area contributed by atoms with Crippen molar-refractivity contribution in [2.45, 2.75) is 13.5 Å². The zero-order valence-electron chi connectivity index (χ0n) is 10.5. The topological polar surface area (TPSA) is 72.5 Å². The number of nitrogens with zero attached hydrogens (tertiary/aromatic N) is 4. The van der Waals surface area contributed by atoms with Gasteiger partial charge >= 0.3 is 0 Å². The van der Waals surface area contributed by atoms with Crippen LogP contribution in [0.4, 0.5) is 0 Å². The van der Waals surface area contributed by atoms with Crippen molar-refractivity contribution in [2.75, 3.05) is 7.11 Å². The van der Waals surface area contributed by atoms with E-state index < -0.39 is 0 Å². The molecule has 0 fully saturated rings. The normalized spacial score (nSPS) is 11.3. The Morgan fingerprint density at radius 2 is 2.21 bits per heavy atom. The minimum Gasteiger partial charge on any atom is -0.508 e. The number of aryl methyl sites for hydroxylation is 1. The maximum Gasteiger partial charge on any atom is 0.235 e. The number of benzene rings is 1. The summed E-state index contributed by atoms with van der Waals surface area (Å²) in [5.74, 6) is 0.928. The Labute approximate surface area is 113 Å². The summed E-state index contributed by atoms with van der Waals surface area (Å²) < 4.78 is 6.71. The van der Waals surface area contributed by atoms with Crippen molar-refractivity contribution in [1.82, 2.24) is 19.8 Å². The molecule has 19 heavy (non-hydrogen) atoms. The molecule has 3 rings (SSSR count). The molecule has 0 saturated heterocycles. The van der Waals surface area contributed by atoms with Crippen LogP contribution >= 0.6 is 11.3 Å². The molecule has 0 aliphatic rings. The van der Waals surface area contributed by atoms with Crippen molar-refractivity contribution >= 4 is 16.3 Å². The van der Waals surface area contributed by atoms with Crippen LogP contribution in [0, 0.1) is 6.92 Å². The average molecular weight is 276 g/mol. The largest absolute Gasteiger partial charge is 0.508 e. The van der Waals surface area contributed by atoms with Crippen molar-refractivity contribution in [3.05, 3.63) is 29.6 Å². The fourth-order valence-corrected chi connectivity index (χ4v) is 2.59. The highest BCUT2D eigenvalue weighted by Crippen LogP contribution is 2.29. The van der Waals surface area contributed by atoms with Gasteiger partial charge in [-0.3, -0.25) is 0 Å². The van der Waals surface area contributed by atoms with Crippen LogP contribution in [0.25, 0.3) is 15.5 Å². The minimum atomic E-state index is 0.264. The average Bonchev–Trinajstić information content (AvgIpc) is 2.95. The lowest BCUT2D eigenvalue weighted by Crippen LogP contribution is -1.97. The molecule has 6 nitrogen and oxygen atoms in total. The van der Waals surface area contributed by atoms with Crippen LogP contribution in [0.3, 0.4) is 0 Å². The van der Waals surface area contributed by atoms with Gasteiger partial charge < -0.3 is 9.84 Å². The Morgan fingerprint density at radius 3 is 2.95 bits per heavy atom. The molecule has 2 aromatic heterocycles. The van der Waals surface area contributed by atoms with Gasteiger partial charge in [0.2, 0.25) is 4.96 Å². The molecule has 0 spiro atoms. The molecule has 0 saturated carbocycles. The van der Waals surface area contributed by atoms with E-state index in [-0.39, 0.29) is 5.75 Å². The van der Waals surface area contributed by atoms with E-state index in [0.717, 1.165) is 16.1 Å². The molecule has 3 aromatic rings. The van der Waals surface area contributed by atoms with Crippen LogP contribution in [0.1, 0.15) is 11.4 Å². The molecule has 0 atom stereocenters. The molecule has 7 heteroatoms. The van der Waals surface area contributed by atoms with Gasteiger partial charge in [0.15, 0.2) is 5.82 Å². The summed E-state index contributed by atoms with van der Waals surface area (Å²) in [4.78, 5) is 0.710. The van der Waals surface area contributed by atoms with Gasteiger partial charge in [0.1, 0.15) is 17.4 Å². The summed E-state index contributed by atoms with van der Waals surface area (Å²) in [6.07, 6.45) is 0. The van der Waals surface area contributed by atoms with Crippen LogP contribution in [0.5, 0.6) is 5.75 Å². The van der Waals surface area contributed by atoms with E-state index in [1.54, 1.807) is 17.7 Å². The number of aromatic nitrogens is 4. The first kappa shape index (κ1) is 12.1. The number of aromatic hydroxyl groups is 1. The van der Waals surface area contributed by atoms with Gasteiger partial charge in [-0.15, -0.1) is 10.2 Å². The van der Waals surface area contributed by atoms with Crippen molar-refractivity contribution < 1.29 is 9.84 Å². The van der Waals surface area contributed by atoms with E-state index in [9.17, 15) is 5.11 Å². The monoisotopic (exact) mass is 276 g/mol. The van der Waals surface area contributed by atoms with Gasteiger partial charge in [-0.1, -0.05) is 23.5 Å². The van der Waals surface area contributed by atoms with Gasteiger partial charge in [-0.05, 0) is 18.6 Å². The van der Waals surface area contributed by atoms with Gasteiger partial charge in [-0.25, -0.2) is 0 Å². The van der Waals surface area contributed by atoms with E-state index >= 15 is 0 Å². The first-order valence-corrected chi connectivity index (χ1v) is 6.50. The predicted octanol–water partition coefficient (Wildman–Crippen LogP) is 2.01. The highest BCUT2D eigenvalue weighted by Gasteiger charge is 2.13. The standard InChI is InChI=1S/C12H12N4O2S/c1-7-3-4-8(5-9(7)17)11-15-16-10(6-18-2)13-14-12(16)19-11/h3-5,17H,6H2,1-2H3. The summed E-state index contributed by atoms with van der Waals surface area (Å²) in [6, 6.07) is 5.50. The smallest absolute Gasteiger partial charge is 0.235 e. The number of rotatable bonds is 3. The Bertz CT molecular complexity index is 734. The number of phenolic OH excluding ortho intramolecular Hbond substituents is 1. The fraction of sp³-hybridized carbons (Fsp3) is 0.250. The van der Waals surface area contributed by atoms with E-state index in [4.69, 9.17) is 4.74 Å². The predicted molar refractivity (Wildman–Crippen MR) is 71.2 cm³/mol. The van der Waals surface area contributed by atoms with Gasteiger partial charge in [-0.2, -0.15) is 9.61 Å². The maximum atomic E-state index is 9.75. The third-order valence-electron chi connectivity index (χ3n) is 2.78. The summed E-state index contributed by atoms with van der Waals surface area (Å²) >= 11 is 1.42. The van der Waals surface area contributed by atoms with Gasteiger partial charge in [0.25, 0.3) is 0 Å². The SMILES string of the molecule is COCc1nnc2sc(-c3ccc(C)c(O)c3)nn12. The van der Waals surface area contributed by atoms with E-state index in [1.165, 1.54) is 11.3 Å². The van der Waals surface area contributed by atoms with Crippen molar-refractivity contribution in [3.8, 4) is 16.3 Å². The van der Waals surface area contributed by atoms with Crippen LogP contribution < -0.4 is 0 Å². The molecule has 1 aromatic carbocycles. The highest BCUT2D eigenvalue weighted by atomic mass is 32.1. The zero-order chi connectivity index (χ0) is 13.4. The van der Waals surface area contributed by atoms with Crippen LogP contribution in [-0.2, 0) is 11.3 Å². The first-order chi connectivity index (χ1) is 9.19. The van der Waals surface area contributed by atoms with Gasteiger partial charge in [0.05, 0.1) is 0 Å². The Hall–Kier alpha value is -1.99. The summed E-state index contributed by atoms with van der Waals surface area (Å²) in [5, 5.41) is 23.0. The third-order valence-corrected chi connectivity index (χ3v) is 3.73. The second-order valence-electron chi connectivity index (χ2n) is 4.15. The van der Waals surface area contributed by atoms with Crippen LogP contribution in [0.2, 0.25) is 0 Å². The number of hydrogen-bond donors (Lipinski definition) is 1. The molecule has 0 aliphatic heterocycles. The quantitative estimate of drug-likeness (QED) is 0.792. The Balaban J connectivity index is 2.07. The number of hydrogen-bond acceptors (Lipinski definition) is 6. The van der Waals surface area contributed by atoms with Crippen molar-refractivity contribution in [3.63, 3.8) is 0 Å². The minimum absolute atomic E-state index is 0.264. The molecule has 2 heterocycles. The summed E-state index contributed by atoms with van der Waals surface area (Å²) in [6.45, 7) is 2.22.